The lowest BCUT2D eigenvalue weighted by atomic mass is 10.1. The van der Waals surface area contributed by atoms with Crippen molar-refractivity contribution in [2.75, 3.05) is 13.2 Å². The summed E-state index contributed by atoms with van der Waals surface area (Å²) in [6.07, 6.45) is -0.697. The molecule has 0 spiro atoms. The second kappa shape index (κ2) is 6.08. The molecule has 1 atom stereocenters. The van der Waals surface area contributed by atoms with Crippen LogP contribution in [-0.4, -0.2) is 29.5 Å². The predicted molar refractivity (Wildman–Crippen MR) is 61.0 cm³/mol. The normalized spacial score (nSPS) is 12.8. The first-order chi connectivity index (χ1) is 7.13. The van der Waals surface area contributed by atoms with Gasteiger partial charge in [-0.25, -0.2) is 0 Å². The zero-order valence-electron chi connectivity index (χ0n) is 8.70. The summed E-state index contributed by atoms with van der Waals surface area (Å²) in [4.78, 5) is 0. The number of aliphatic hydroxyl groups is 2. The SMILES string of the molecule is Cc1cc(Cl)ccc1CNCC(O)CO. The molecular weight excluding hydrogens is 214 g/mol. The van der Waals surface area contributed by atoms with Gasteiger partial charge < -0.3 is 15.5 Å². The number of hydrogen-bond donors (Lipinski definition) is 3. The Labute approximate surface area is 94.7 Å². The smallest absolute Gasteiger partial charge is 0.0895 e. The average molecular weight is 230 g/mol. The molecule has 4 heteroatoms. The van der Waals surface area contributed by atoms with Crippen LogP contribution in [0.5, 0.6) is 0 Å². The van der Waals surface area contributed by atoms with Gasteiger partial charge in [-0.05, 0) is 30.2 Å². The van der Waals surface area contributed by atoms with Crippen molar-refractivity contribution < 1.29 is 10.2 Å². The van der Waals surface area contributed by atoms with Crippen molar-refractivity contribution in [2.45, 2.75) is 19.6 Å². The summed E-state index contributed by atoms with van der Waals surface area (Å²) >= 11 is 5.83. The fourth-order valence-electron chi connectivity index (χ4n) is 1.30. The lowest BCUT2D eigenvalue weighted by molar-refractivity contribution is 0.0942. The van der Waals surface area contributed by atoms with E-state index in [-0.39, 0.29) is 6.61 Å². The first kappa shape index (κ1) is 12.5. The van der Waals surface area contributed by atoms with Crippen LogP contribution in [0.1, 0.15) is 11.1 Å². The van der Waals surface area contributed by atoms with Gasteiger partial charge in [0.25, 0.3) is 0 Å². The Bertz CT molecular complexity index is 317. The second-order valence-electron chi connectivity index (χ2n) is 3.54. The summed E-state index contributed by atoms with van der Waals surface area (Å²) in [7, 11) is 0. The largest absolute Gasteiger partial charge is 0.394 e. The van der Waals surface area contributed by atoms with Gasteiger partial charge in [0.1, 0.15) is 0 Å². The van der Waals surface area contributed by atoms with Crippen molar-refractivity contribution in [3.63, 3.8) is 0 Å². The first-order valence-corrected chi connectivity index (χ1v) is 5.26. The minimum Gasteiger partial charge on any atom is -0.394 e. The highest BCUT2D eigenvalue weighted by atomic mass is 35.5. The zero-order chi connectivity index (χ0) is 11.3. The van der Waals surface area contributed by atoms with Crippen LogP contribution in [0.2, 0.25) is 5.02 Å². The lowest BCUT2D eigenvalue weighted by Gasteiger charge is -2.10. The van der Waals surface area contributed by atoms with Gasteiger partial charge in [0, 0.05) is 18.1 Å². The number of hydrogen-bond acceptors (Lipinski definition) is 3. The molecular formula is C11H16ClNO2. The monoisotopic (exact) mass is 229 g/mol. The van der Waals surface area contributed by atoms with Gasteiger partial charge in [-0.3, -0.25) is 0 Å². The maximum atomic E-state index is 9.12. The molecule has 0 radical (unpaired) electrons. The maximum Gasteiger partial charge on any atom is 0.0895 e. The molecule has 0 aliphatic carbocycles. The summed E-state index contributed by atoms with van der Waals surface area (Å²) in [5, 5.41) is 21.5. The molecule has 1 rings (SSSR count). The van der Waals surface area contributed by atoms with Crippen molar-refractivity contribution in [1.82, 2.24) is 5.32 Å². The summed E-state index contributed by atoms with van der Waals surface area (Å²) in [5.74, 6) is 0. The molecule has 0 heterocycles. The van der Waals surface area contributed by atoms with E-state index in [1.54, 1.807) is 0 Å². The molecule has 3 N–H and O–H groups in total. The van der Waals surface area contributed by atoms with Gasteiger partial charge >= 0.3 is 0 Å². The molecule has 0 amide bonds. The number of nitrogens with one attached hydrogen (secondary N) is 1. The van der Waals surface area contributed by atoms with Crippen molar-refractivity contribution in [3.8, 4) is 0 Å². The van der Waals surface area contributed by atoms with E-state index in [1.807, 2.05) is 25.1 Å². The fraction of sp³-hybridized carbons (Fsp3) is 0.455. The number of benzene rings is 1. The van der Waals surface area contributed by atoms with Crippen molar-refractivity contribution in [2.24, 2.45) is 0 Å². The molecule has 15 heavy (non-hydrogen) atoms. The summed E-state index contributed by atoms with van der Waals surface area (Å²) < 4.78 is 0. The van der Waals surface area contributed by atoms with Gasteiger partial charge in [-0.15, -0.1) is 0 Å². The number of rotatable bonds is 5. The molecule has 0 aromatic heterocycles. The van der Waals surface area contributed by atoms with E-state index in [4.69, 9.17) is 21.8 Å². The molecule has 1 aromatic rings. The van der Waals surface area contributed by atoms with Crippen LogP contribution in [0.15, 0.2) is 18.2 Å². The van der Waals surface area contributed by atoms with Crippen molar-refractivity contribution in [1.29, 1.82) is 0 Å². The molecule has 0 aliphatic rings. The van der Waals surface area contributed by atoms with E-state index in [2.05, 4.69) is 5.32 Å². The van der Waals surface area contributed by atoms with E-state index < -0.39 is 6.10 Å². The van der Waals surface area contributed by atoms with Crippen molar-refractivity contribution in [3.05, 3.63) is 34.3 Å². The van der Waals surface area contributed by atoms with E-state index in [9.17, 15) is 0 Å². The van der Waals surface area contributed by atoms with Gasteiger partial charge in [0.2, 0.25) is 0 Å². The molecule has 1 aromatic carbocycles. The highest BCUT2D eigenvalue weighted by molar-refractivity contribution is 6.30. The molecule has 1 unspecified atom stereocenters. The van der Waals surface area contributed by atoms with E-state index in [0.717, 1.165) is 16.1 Å². The van der Waals surface area contributed by atoms with E-state index in [0.29, 0.717) is 13.1 Å². The summed E-state index contributed by atoms with van der Waals surface area (Å²) in [6, 6.07) is 5.70. The maximum absolute atomic E-state index is 9.12. The van der Waals surface area contributed by atoms with Crippen molar-refractivity contribution >= 4 is 11.6 Å². The minimum atomic E-state index is -0.697. The third-order valence-corrected chi connectivity index (χ3v) is 2.45. The van der Waals surface area contributed by atoms with Crippen LogP contribution in [0, 0.1) is 6.92 Å². The Hall–Kier alpha value is -0.610. The predicted octanol–water partition coefficient (Wildman–Crippen LogP) is 1.09. The van der Waals surface area contributed by atoms with Crippen LogP contribution < -0.4 is 5.32 Å². The third kappa shape index (κ3) is 4.18. The average Bonchev–Trinajstić information content (AvgIpc) is 2.21. The van der Waals surface area contributed by atoms with Crippen LogP contribution in [0.4, 0.5) is 0 Å². The topological polar surface area (TPSA) is 52.5 Å². The molecule has 0 saturated carbocycles. The zero-order valence-corrected chi connectivity index (χ0v) is 9.46. The quantitative estimate of drug-likeness (QED) is 0.709. The number of halogens is 1. The first-order valence-electron chi connectivity index (χ1n) is 4.88. The standard InChI is InChI=1S/C11H16ClNO2/c1-8-4-10(12)3-2-9(8)5-13-6-11(15)7-14/h2-4,11,13-15H,5-7H2,1H3. The van der Waals surface area contributed by atoms with Crippen LogP contribution >= 0.6 is 11.6 Å². The molecule has 0 fully saturated rings. The summed E-state index contributed by atoms with van der Waals surface area (Å²) in [5.41, 5.74) is 2.26. The highest BCUT2D eigenvalue weighted by Gasteiger charge is 2.02. The molecule has 0 aliphatic heterocycles. The Balaban J connectivity index is 2.44. The Kier molecular flexibility index (Phi) is 5.05. The van der Waals surface area contributed by atoms with Crippen LogP contribution in [-0.2, 0) is 6.54 Å². The van der Waals surface area contributed by atoms with Gasteiger partial charge in [-0.2, -0.15) is 0 Å². The molecule has 0 bridgehead atoms. The van der Waals surface area contributed by atoms with Gasteiger partial charge in [0.15, 0.2) is 0 Å². The van der Waals surface area contributed by atoms with Crippen LogP contribution in [0.25, 0.3) is 0 Å². The Morgan fingerprint density at radius 2 is 2.20 bits per heavy atom. The van der Waals surface area contributed by atoms with Crippen LogP contribution in [0.3, 0.4) is 0 Å². The number of aliphatic hydroxyl groups excluding tert-OH is 2. The summed E-state index contributed by atoms with van der Waals surface area (Å²) in [6.45, 7) is 2.83. The minimum absolute atomic E-state index is 0.216. The fourth-order valence-corrected chi connectivity index (χ4v) is 1.52. The van der Waals surface area contributed by atoms with E-state index in [1.165, 1.54) is 0 Å². The van der Waals surface area contributed by atoms with E-state index >= 15 is 0 Å². The number of aryl methyl sites for hydroxylation is 1. The molecule has 0 saturated heterocycles. The highest BCUT2D eigenvalue weighted by Crippen LogP contribution is 2.14. The van der Waals surface area contributed by atoms with Gasteiger partial charge in [0.05, 0.1) is 12.7 Å². The lowest BCUT2D eigenvalue weighted by Crippen LogP contribution is -2.29. The Morgan fingerprint density at radius 1 is 1.47 bits per heavy atom. The second-order valence-corrected chi connectivity index (χ2v) is 3.97. The third-order valence-electron chi connectivity index (χ3n) is 2.21. The molecule has 3 nitrogen and oxygen atoms in total. The van der Waals surface area contributed by atoms with Gasteiger partial charge in [-0.1, -0.05) is 17.7 Å². The molecule has 84 valence electrons. The Morgan fingerprint density at radius 3 is 2.80 bits per heavy atom.